The van der Waals surface area contributed by atoms with Gasteiger partial charge in [-0.3, -0.25) is 4.21 Å². The van der Waals surface area contributed by atoms with Gasteiger partial charge >= 0.3 is 0 Å². The van der Waals surface area contributed by atoms with Crippen molar-refractivity contribution in [2.45, 2.75) is 17.7 Å². The molecule has 1 aromatic rings. The largest absolute Gasteiger partial charge is 0.398 e. The molecular formula is C13H19ClN2O3S2. The number of hydrogen-bond acceptors (Lipinski definition) is 4. The molecule has 1 aromatic carbocycles. The molecule has 2 unspecified atom stereocenters. The van der Waals surface area contributed by atoms with Gasteiger partial charge in [-0.2, -0.15) is 0 Å². The van der Waals surface area contributed by atoms with Gasteiger partial charge in [0.2, 0.25) is 10.0 Å². The second-order valence-electron chi connectivity index (χ2n) is 5.30. The van der Waals surface area contributed by atoms with E-state index in [1.54, 1.807) is 18.2 Å². The predicted octanol–water partition coefficient (Wildman–Crippen LogP) is 1.70. The summed E-state index contributed by atoms with van der Waals surface area (Å²) < 4.78 is 37.2. The van der Waals surface area contributed by atoms with Crippen LogP contribution in [0, 0.1) is 5.92 Å². The topological polar surface area (TPSA) is 80.5 Å². The van der Waals surface area contributed by atoms with E-state index < -0.39 is 20.8 Å². The summed E-state index contributed by atoms with van der Waals surface area (Å²) in [7, 11) is -4.52. The summed E-state index contributed by atoms with van der Waals surface area (Å²) in [6, 6.07) is 5.04. The lowest BCUT2D eigenvalue weighted by atomic mass is 10.0. The monoisotopic (exact) mass is 350 g/mol. The quantitative estimate of drug-likeness (QED) is 0.838. The average Bonchev–Trinajstić information content (AvgIpc) is 2.37. The highest BCUT2D eigenvalue weighted by atomic mass is 35.5. The fourth-order valence-corrected chi connectivity index (χ4v) is 5.39. The third-order valence-electron chi connectivity index (χ3n) is 3.56. The molecule has 0 radical (unpaired) electrons. The van der Waals surface area contributed by atoms with Crippen LogP contribution in [0.3, 0.4) is 0 Å². The normalized spacial score (nSPS) is 22.1. The number of rotatable bonds is 4. The number of nitrogen functional groups attached to an aromatic ring is 1. The smallest absolute Gasteiger partial charge is 0.211 e. The van der Waals surface area contributed by atoms with Crippen LogP contribution >= 0.6 is 11.6 Å². The highest BCUT2D eigenvalue weighted by Gasteiger charge is 2.28. The van der Waals surface area contributed by atoms with Crippen LogP contribution < -0.4 is 5.73 Å². The summed E-state index contributed by atoms with van der Waals surface area (Å²) in [5.74, 6) is 0.435. The maximum absolute atomic E-state index is 12.5. The van der Waals surface area contributed by atoms with Crippen molar-refractivity contribution in [3.05, 3.63) is 23.2 Å². The Morgan fingerprint density at radius 2 is 2.19 bits per heavy atom. The lowest BCUT2D eigenvalue weighted by Gasteiger charge is -2.30. The predicted molar refractivity (Wildman–Crippen MR) is 86.3 cm³/mol. The van der Waals surface area contributed by atoms with Crippen molar-refractivity contribution in [2.24, 2.45) is 5.92 Å². The standard InChI is InChI=1S/C13H19ClN2O3S2/c1-21(18,19)16-7-3-4-10(8-16)9-20(17)13-11(14)5-2-6-12(13)15/h2,5-6,10H,3-4,7-9,15H2,1H3. The van der Waals surface area contributed by atoms with Crippen LogP contribution in [0.25, 0.3) is 0 Å². The number of nitrogens with two attached hydrogens (primary N) is 1. The first kappa shape index (κ1) is 16.7. The Kier molecular flexibility index (Phi) is 5.29. The molecule has 0 amide bonds. The zero-order valence-electron chi connectivity index (χ0n) is 11.8. The first-order chi connectivity index (χ1) is 9.79. The second-order valence-corrected chi connectivity index (χ2v) is 9.12. The van der Waals surface area contributed by atoms with Gasteiger partial charge in [0.25, 0.3) is 0 Å². The molecule has 1 aliphatic rings. The number of nitrogens with zero attached hydrogens (tertiary/aromatic N) is 1. The number of sulfonamides is 1. The van der Waals surface area contributed by atoms with Crippen molar-refractivity contribution in [2.75, 3.05) is 30.8 Å². The summed E-state index contributed by atoms with van der Waals surface area (Å²) in [5.41, 5.74) is 6.25. The van der Waals surface area contributed by atoms with E-state index in [9.17, 15) is 12.6 Å². The van der Waals surface area contributed by atoms with Crippen molar-refractivity contribution in [1.82, 2.24) is 4.31 Å². The minimum Gasteiger partial charge on any atom is -0.398 e. The summed E-state index contributed by atoms with van der Waals surface area (Å²) in [4.78, 5) is 0.454. The molecule has 5 nitrogen and oxygen atoms in total. The third kappa shape index (κ3) is 4.18. The Morgan fingerprint density at radius 1 is 1.48 bits per heavy atom. The fourth-order valence-electron chi connectivity index (χ4n) is 2.53. The van der Waals surface area contributed by atoms with E-state index in [0.717, 1.165) is 12.8 Å². The Bertz CT molecular complexity index is 629. The maximum Gasteiger partial charge on any atom is 0.211 e. The molecule has 8 heteroatoms. The molecule has 0 aromatic heterocycles. The molecule has 0 aliphatic carbocycles. The minimum atomic E-state index is -3.19. The van der Waals surface area contributed by atoms with Crippen molar-refractivity contribution in [1.29, 1.82) is 0 Å². The van der Waals surface area contributed by atoms with Gasteiger partial charge < -0.3 is 5.73 Å². The van der Waals surface area contributed by atoms with Gasteiger partial charge in [0.05, 0.1) is 27.0 Å². The van der Waals surface area contributed by atoms with Gasteiger partial charge in [0, 0.05) is 24.5 Å². The maximum atomic E-state index is 12.5. The van der Waals surface area contributed by atoms with E-state index >= 15 is 0 Å². The molecule has 0 spiro atoms. The highest BCUT2D eigenvalue weighted by Crippen LogP contribution is 2.28. The number of piperidine rings is 1. The van der Waals surface area contributed by atoms with E-state index in [1.165, 1.54) is 10.6 Å². The molecule has 118 valence electrons. The Labute approximate surface area is 133 Å². The molecule has 2 atom stereocenters. The molecule has 1 fully saturated rings. The second kappa shape index (κ2) is 6.64. The molecule has 2 N–H and O–H groups in total. The molecule has 21 heavy (non-hydrogen) atoms. The van der Waals surface area contributed by atoms with Gasteiger partial charge in [-0.05, 0) is 30.9 Å². The molecule has 1 saturated heterocycles. The lowest BCUT2D eigenvalue weighted by Crippen LogP contribution is -2.40. The van der Waals surface area contributed by atoms with Crippen molar-refractivity contribution in [3.63, 3.8) is 0 Å². The van der Waals surface area contributed by atoms with Gasteiger partial charge in [0.1, 0.15) is 0 Å². The zero-order valence-corrected chi connectivity index (χ0v) is 14.2. The Hall–Kier alpha value is -0.630. The number of anilines is 1. The molecule has 0 saturated carbocycles. The van der Waals surface area contributed by atoms with Gasteiger partial charge in [0.15, 0.2) is 0 Å². The third-order valence-corrected chi connectivity index (χ3v) is 6.94. The van der Waals surface area contributed by atoms with Crippen LogP contribution in [0.4, 0.5) is 5.69 Å². The first-order valence-electron chi connectivity index (χ1n) is 6.66. The molecule has 0 bridgehead atoms. The SMILES string of the molecule is CS(=O)(=O)N1CCCC(CS(=O)c2c(N)cccc2Cl)C1. The Morgan fingerprint density at radius 3 is 2.81 bits per heavy atom. The Balaban J connectivity index is 2.10. The number of hydrogen-bond donors (Lipinski definition) is 1. The lowest BCUT2D eigenvalue weighted by molar-refractivity contribution is 0.285. The van der Waals surface area contributed by atoms with Crippen molar-refractivity contribution < 1.29 is 12.6 Å². The molecule has 1 heterocycles. The number of benzene rings is 1. The minimum absolute atomic E-state index is 0.0602. The highest BCUT2D eigenvalue weighted by molar-refractivity contribution is 7.88. The molecule has 1 aliphatic heterocycles. The first-order valence-corrected chi connectivity index (χ1v) is 10.2. The van der Waals surface area contributed by atoms with E-state index in [-0.39, 0.29) is 5.92 Å². The summed E-state index contributed by atoms with van der Waals surface area (Å²) in [6.07, 6.45) is 2.85. The molecule has 2 rings (SSSR count). The van der Waals surface area contributed by atoms with Crippen LogP contribution in [0.2, 0.25) is 5.02 Å². The van der Waals surface area contributed by atoms with E-state index in [2.05, 4.69) is 0 Å². The fraction of sp³-hybridized carbons (Fsp3) is 0.538. The van der Waals surface area contributed by atoms with Gasteiger partial charge in [-0.15, -0.1) is 0 Å². The van der Waals surface area contributed by atoms with Crippen LogP contribution in [-0.4, -0.2) is 42.0 Å². The average molecular weight is 351 g/mol. The van der Waals surface area contributed by atoms with E-state index in [0.29, 0.717) is 34.4 Å². The summed E-state index contributed by atoms with van der Waals surface area (Å²) in [5, 5.41) is 0.393. The van der Waals surface area contributed by atoms with Crippen LogP contribution in [0.1, 0.15) is 12.8 Å². The van der Waals surface area contributed by atoms with Crippen LogP contribution in [0.15, 0.2) is 23.1 Å². The van der Waals surface area contributed by atoms with Crippen LogP contribution in [-0.2, 0) is 20.8 Å². The van der Waals surface area contributed by atoms with E-state index in [1.807, 2.05) is 0 Å². The summed E-state index contributed by atoms with van der Waals surface area (Å²) in [6.45, 7) is 0.950. The van der Waals surface area contributed by atoms with Crippen LogP contribution in [0.5, 0.6) is 0 Å². The van der Waals surface area contributed by atoms with E-state index in [4.69, 9.17) is 17.3 Å². The summed E-state index contributed by atoms with van der Waals surface area (Å²) >= 11 is 6.06. The van der Waals surface area contributed by atoms with Gasteiger partial charge in [-0.1, -0.05) is 17.7 Å². The van der Waals surface area contributed by atoms with Crippen molar-refractivity contribution >= 4 is 38.1 Å². The number of halogens is 1. The zero-order chi connectivity index (χ0) is 15.6. The van der Waals surface area contributed by atoms with Crippen molar-refractivity contribution in [3.8, 4) is 0 Å². The molecular weight excluding hydrogens is 332 g/mol. The van der Waals surface area contributed by atoms with Gasteiger partial charge in [-0.25, -0.2) is 12.7 Å².